The standard InChI is InChI=1S/C72H131N13O13/c1-26-28-31-49(13)61(87)60-64(90)75-54(30-27-2)67(93)77(18)53(17)66(92)83(24)72(43-86,50(14)32-29-33-84-34-36-85(37-35-84)38-39-98-25)76-58(47(9)10)70(96)78(19)55(40-44(3)4)63(89)73-51(15)62(88)74-52(16)65(91)79(20)56(41-45(5)6)68(94)80(21)57(42-46(7)8)69(95)81(22)59(48(11)12)71(97)82(60)23/h26,28,43-61,76,87H,27,29-42H2,1-25H3,(H,73,89)(H,74,88)(H,75,90)/b28-26+/t49-,50-,51+,52-,53-,54+,55+,56+,57+,58+,59+,60+,61-,72-/m1/s1. The van der Waals surface area contributed by atoms with Crippen LogP contribution >= 0.6 is 0 Å². The van der Waals surface area contributed by atoms with Crippen molar-refractivity contribution >= 4 is 65.4 Å². The number of aldehydes is 1. The number of carbonyl (C=O) groups excluding carboxylic acids is 11. The van der Waals surface area contributed by atoms with Gasteiger partial charge in [0.2, 0.25) is 59.1 Å². The molecule has 0 radical (unpaired) electrons. The maximum absolute atomic E-state index is 15.4. The van der Waals surface area contributed by atoms with Crippen LogP contribution in [-0.2, 0) is 57.5 Å². The second-order valence-corrected chi connectivity index (χ2v) is 29.9. The normalized spacial score (nSPS) is 28.0. The van der Waals surface area contributed by atoms with E-state index in [2.05, 4.69) is 31.1 Å². The molecule has 14 atom stereocenters. The molecule has 0 spiro atoms. The molecule has 0 bridgehead atoms. The fourth-order valence-electron chi connectivity index (χ4n) is 13.3. The van der Waals surface area contributed by atoms with Gasteiger partial charge < -0.3 is 65.0 Å². The Labute approximate surface area is 588 Å². The molecule has 0 aromatic rings. The Morgan fingerprint density at radius 1 is 0.551 bits per heavy atom. The average Bonchev–Trinajstić information content (AvgIpc) is 0.781. The van der Waals surface area contributed by atoms with Crippen molar-refractivity contribution in [1.29, 1.82) is 0 Å². The summed E-state index contributed by atoms with van der Waals surface area (Å²) in [7, 11) is 11.7. The van der Waals surface area contributed by atoms with E-state index < -0.39 is 155 Å². The number of ether oxygens (including phenoxy) is 1. The number of aliphatic hydroxyl groups excluding tert-OH is 1. The molecule has 0 aromatic carbocycles. The molecule has 5 N–H and O–H groups in total. The van der Waals surface area contributed by atoms with E-state index in [0.717, 1.165) is 37.6 Å². The Hall–Kier alpha value is -6.09. The average molecular weight is 1390 g/mol. The van der Waals surface area contributed by atoms with Crippen LogP contribution in [0.2, 0.25) is 0 Å². The number of allylic oxidation sites excluding steroid dienone is 2. The summed E-state index contributed by atoms with van der Waals surface area (Å²) in [5.74, 6) is -9.79. The maximum Gasteiger partial charge on any atom is 0.246 e. The lowest BCUT2D eigenvalue weighted by atomic mass is 9.86. The molecule has 0 aliphatic carbocycles. The molecular formula is C72H131N13O13. The van der Waals surface area contributed by atoms with Gasteiger partial charge in [-0.15, -0.1) is 0 Å². The monoisotopic (exact) mass is 1390 g/mol. The maximum atomic E-state index is 15.4. The van der Waals surface area contributed by atoms with Gasteiger partial charge in [-0.2, -0.15) is 0 Å². The molecule has 2 aliphatic rings. The fraction of sp³-hybridized carbons (Fsp3) is 0.819. The Kier molecular flexibility index (Phi) is 36.8. The molecule has 2 heterocycles. The van der Waals surface area contributed by atoms with E-state index in [1.165, 1.54) is 99.5 Å². The van der Waals surface area contributed by atoms with Crippen LogP contribution in [0.25, 0.3) is 0 Å². The molecule has 2 aliphatic heterocycles. The van der Waals surface area contributed by atoms with Crippen LogP contribution in [0.1, 0.15) is 169 Å². The summed E-state index contributed by atoms with van der Waals surface area (Å²) < 4.78 is 5.31. The summed E-state index contributed by atoms with van der Waals surface area (Å²) in [6.07, 6.45) is 4.85. The van der Waals surface area contributed by atoms with Gasteiger partial charge in [0, 0.05) is 89.2 Å². The summed E-state index contributed by atoms with van der Waals surface area (Å²) in [5, 5.41) is 24.1. The van der Waals surface area contributed by atoms with Gasteiger partial charge in [-0.3, -0.25) is 63.0 Å². The van der Waals surface area contributed by atoms with Crippen molar-refractivity contribution in [3.8, 4) is 0 Å². The van der Waals surface area contributed by atoms with Gasteiger partial charge in [0.1, 0.15) is 54.4 Å². The number of rotatable bonds is 23. The number of likely N-dealkylation sites (N-methyl/N-ethyl adjacent to an activating group) is 7. The quantitative estimate of drug-likeness (QED) is 0.0720. The Morgan fingerprint density at radius 3 is 1.51 bits per heavy atom. The lowest BCUT2D eigenvalue weighted by Crippen LogP contribution is -2.71. The molecule has 26 heteroatoms. The van der Waals surface area contributed by atoms with Gasteiger partial charge in [0.25, 0.3) is 0 Å². The number of carbonyl (C=O) groups is 11. The molecule has 2 fully saturated rings. The second kappa shape index (κ2) is 41.0. The first-order valence-corrected chi connectivity index (χ1v) is 35.9. The minimum Gasteiger partial charge on any atom is -0.390 e. The van der Waals surface area contributed by atoms with E-state index in [1.807, 2.05) is 68.4 Å². The molecule has 2 rings (SSSR count). The van der Waals surface area contributed by atoms with Crippen molar-refractivity contribution in [2.75, 3.05) is 102 Å². The predicted molar refractivity (Wildman–Crippen MR) is 381 cm³/mol. The van der Waals surface area contributed by atoms with Crippen molar-refractivity contribution in [2.45, 2.75) is 241 Å². The van der Waals surface area contributed by atoms with Gasteiger partial charge in [0.05, 0.1) is 18.8 Å². The third-order valence-electron chi connectivity index (χ3n) is 20.0. The number of hydrogen-bond acceptors (Lipinski definition) is 16. The van der Waals surface area contributed by atoms with Crippen molar-refractivity contribution in [2.24, 2.45) is 41.4 Å². The van der Waals surface area contributed by atoms with E-state index in [-0.39, 0.29) is 43.4 Å². The molecule has 26 nitrogen and oxygen atoms in total. The predicted octanol–water partition coefficient (Wildman–Crippen LogP) is 3.68. The summed E-state index contributed by atoms with van der Waals surface area (Å²) >= 11 is 0. The zero-order valence-corrected chi connectivity index (χ0v) is 64.6. The van der Waals surface area contributed by atoms with Crippen molar-refractivity contribution in [3.05, 3.63) is 12.2 Å². The summed E-state index contributed by atoms with van der Waals surface area (Å²) in [6, 6.07) is -12.7. The molecule has 0 aromatic heterocycles. The van der Waals surface area contributed by atoms with Crippen LogP contribution in [0, 0.1) is 41.4 Å². The number of nitrogens with one attached hydrogen (secondary N) is 4. The Bertz CT molecular complexity index is 2650. The highest BCUT2D eigenvalue weighted by Crippen LogP contribution is 2.30. The van der Waals surface area contributed by atoms with Crippen LogP contribution in [0.5, 0.6) is 0 Å². The van der Waals surface area contributed by atoms with Gasteiger partial charge in [-0.25, -0.2) is 0 Å². The van der Waals surface area contributed by atoms with Gasteiger partial charge in [-0.1, -0.05) is 109 Å². The number of hydrogen-bond donors (Lipinski definition) is 5. The summed E-state index contributed by atoms with van der Waals surface area (Å²) in [6.45, 7) is 35.3. The lowest BCUT2D eigenvalue weighted by Gasteiger charge is -2.47. The highest BCUT2D eigenvalue weighted by Gasteiger charge is 2.50. The van der Waals surface area contributed by atoms with Gasteiger partial charge in [-0.05, 0) is 121 Å². The molecule has 10 amide bonds. The lowest BCUT2D eigenvalue weighted by molar-refractivity contribution is -0.158. The third kappa shape index (κ3) is 23.8. The smallest absolute Gasteiger partial charge is 0.246 e. The van der Waals surface area contributed by atoms with Gasteiger partial charge in [0.15, 0.2) is 11.9 Å². The van der Waals surface area contributed by atoms with Crippen LogP contribution < -0.4 is 21.3 Å². The zero-order valence-electron chi connectivity index (χ0n) is 64.6. The van der Waals surface area contributed by atoms with Crippen LogP contribution in [0.3, 0.4) is 0 Å². The zero-order chi connectivity index (χ0) is 75.1. The Morgan fingerprint density at radius 2 is 1.03 bits per heavy atom. The third-order valence-corrected chi connectivity index (χ3v) is 20.0. The van der Waals surface area contributed by atoms with Crippen molar-refractivity contribution in [1.82, 2.24) is 65.4 Å². The SMILES string of the molecule is C/C=C/C[C@@H](C)[C@@H](O)[C@H]1C(=O)N[C@@H](CCC)C(=O)N(C)[C@H](C)C(=O)N(C)[C@](C=O)([C@H](C)CCCN2CCN(CCOC)CC2)N[C@@H](C(C)C)C(=O)N(C)[C@@H](CC(C)C)C(=O)N[C@@H](C)C(=O)N[C@H](C)C(=O)N(C)[C@@H](CC(C)C)C(=O)N(C)[C@@H](CC(C)C)C(=O)N(C)[C@@H](C(C)C)C(=O)N1C. The minimum atomic E-state index is -1.93. The topological polar surface area (TPSA) is 295 Å². The molecule has 98 heavy (non-hydrogen) atoms. The first kappa shape index (κ1) is 88.0. The number of piperazine rings is 1. The number of nitrogens with zero attached hydrogens (tertiary/aromatic N) is 9. The second-order valence-electron chi connectivity index (χ2n) is 29.9. The minimum absolute atomic E-state index is 0.0588. The highest BCUT2D eigenvalue weighted by molar-refractivity contribution is 5.99. The van der Waals surface area contributed by atoms with Crippen molar-refractivity contribution < 1.29 is 62.6 Å². The van der Waals surface area contributed by atoms with E-state index in [0.29, 0.717) is 45.1 Å². The molecule has 562 valence electrons. The highest BCUT2D eigenvalue weighted by atomic mass is 16.5. The van der Waals surface area contributed by atoms with Crippen LogP contribution in [0.15, 0.2) is 12.2 Å². The molecule has 0 saturated carbocycles. The van der Waals surface area contributed by atoms with Gasteiger partial charge >= 0.3 is 0 Å². The summed E-state index contributed by atoms with van der Waals surface area (Å²) in [4.78, 5) is 178. The number of methoxy groups -OCH3 is 1. The number of aliphatic hydroxyl groups is 1. The van der Waals surface area contributed by atoms with E-state index in [9.17, 15) is 24.3 Å². The first-order valence-electron chi connectivity index (χ1n) is 35.9. The first-order chi connectivity index (χ1) is 45.6. The Balaban J connectivity index is 3.11. The fourth-order valence-corrected chi connectivity index (χ4v) is 13.3. The summed E-state index contributed by atoms with van der Waals surface area (Å²) in [5.41, 5.74) is -1.93. The largest absolute Gasteiger partial charge is 0.390 e. The molecule has 2 saturated heterocycles. The van der Waals surface area contributed by atoms with Crippen LogP contribution in [-0.4, -0.2) is 289 Å². The van der Waals surface area contributed by atoms with E-state index in [4.69, 9.17) is 4.74 Å². The van der Waals surface area contributed by atoms with Crippen LogP contribution in [0.4, 0.5) is 0 Å². The molecule has 0 unspecified atom stereocenters. The number of amides is 10. The van der Waals surface area contributed by atoms with E-state index in [1.54, 1.807) is 47.8 Å². The van der Waals surface area contributed by atoms with E-state index >= 15 is 33.6 Å². The molecular weight excluding hydrogens is 1250 g/mol. The van der Waals surface area contributed by atoms with Crippen molar-refractivity contribution in [3.63, 3.8) is 0 Å².